The molecule has 0 spiro atoms. The number of aliphatic carboxylic acids is 2. The molecule has 0 aliphatic carbocycles. The van der Waals surface area contributed by atoms with Gasteiger partial charge in [-0.2, -0.15) is 13.2 Å². The van der Waals surface area contributed by atoms with Gasteiger partial charge in [0.2, 0.25) is 0 Å². The molecule has 0 bridgehead atoms. The van der Waals surface area contributed by atoms with Crippen molar-refractivity contribution in [3.63, 3.8) is 0 Å². The monoisotopic (exact) mass is 248 g/mol. The first kappa shape index (κ1) is 13.0. The van der Waals surface area contributed by atoms with Crippen molar-refractivity contribution in [1.29, 1.82) is 0 Å². The van der Waals surface area contributed by atoms with Gasteiger partial charge >= 0.3 is 18.1 Å². The van der Waals surface area contributed by atoms with Crippen LogP contribution in [0, 0.1) is 0 Å². The average molecular weight is 248 g/mol. The minimum atomic E-state index is -4.54. The Morgan fingerprint density at radius 3 is 1.71 bits per heavy atom. The van der Waals surface area contributed by atoms with Crippen LogP contribution in [0.2, 0.25) is 0 Å². The van der Waals surface area contributed by atoms with Crippen molar-refractivity contribution in [2.75, 3.05) is 0 Å². The number of alkyl halides is 3. The predicted octanol–water partition coefficient (Wildman–Crippen LogP) is 1.96. The summed E-state index contributed by atoms with van der Waals surface area (Å²) in [6, 6.07) is 2.98. The third kappa shape index (κ3) is 2.96. The van der Waals surface area contributed by atoms with Crippen molar-refractivity contribution in [3.8, 4) is 0 Å². The Balaban J connectivity index is 3.09. The van der Waals surface area contributed by atoms with E-state index in [2.05, 4.69) is 0 Å². The highest BCUT2D eigenvalue weighted by Crippen LogP contribution is 2.30. The quantitative estimate of drug-likeness (QED) is 0.802. The van der Waals surface area contributed by atoms with E-state index < -0.39 is 29.6 Å². The van der Waals surface area contributed by atoms with Gasteiger partial charge in [0.1, 0.15) is 0 Å². The molecule has 1 aromatic carbocycles. The number of halogens is 3. The summed E-state index contributed by atoms with van der Waals surface area (Å²) in [4.78, 5) is 21.2. The third-order valence-electron chi connectivity index (χ3n) is 2.07. The summed E-state index contributed by atoms with van der Waals surface area (Å²) in [6.45, 7) is 0. The summed E-state index contributed by atoms with van der Waals surface area (Å²) in [5.41, 5.74) is -1.17. The first-order valence-electron chi connectivity index (χ1n) is 4.36. The van der Waals surface area contributed by atoms with Gasteiger partial charge in [-0.25, -0.2) is 0 Å². The third-order valence-corrected chi connectivity index (χ3v) is 2.07. The van der Waals surface area contributed by atoms with Crippen LogP contribution in [0.4, 0.5) is 13.2 Å². The van der Waals surface area contributed by atoms with Gasteiger partial charge in [-0.3, -0.25) is 9.59 Å². The molecule has 0 aliphatic heterocycles. The van der Waals surface area contributed by atoms with E-state index in [0.717, 1.165) is 12.1 Å². The minimum Gasteiger partial charge on any atom is -0.480 e. The van der Waals surface area contributed by atoms with Crippen molar-refractivity contribution in [3.05, 3.63) is 35.4 Å². The van der Waals surface area contributed by atoms with Crippen LogP contribution in [0.25, 0.3) is 0 Å². The van der Waals surface area contributed by atoms with Gasteiger partial charge in [0.25, 0.3) is 0 Å². The molecule has 0 aliphatic rings. The highest BCUT2D eigenvalue weighted by atomic mass is 19.4. The highest BCUT2D eigenvalue weighted by Gasteiger charge is 2.32. The molecule has 0 saturated carbocycles. The molecule has 92 valence electrons. The van der Waals surface area contributed by atoms with E-state index >= 15 is 0 Å². The number of rotatable bonds is 3. The van der Waals surface area contributed by atoms with Crippen LogP contribution in [-0.4, -0.2) is 22.2 Å². The van der Waals surface area contributed by atoms with Crippen LogP contribution in [0.15, 0.2) is 24.3 Å². The fourth-order valence-electron chi connectivity index (χ4n) is 1.26. The minimum absolute atomic E-state index is 0.210. The molecule has 2 N–H and O–H groups in total. The Morgan fingerprint density at radius 2 is 1.41 bits per heavy atom. The van der Waals surface area contributed by atoms with E-state index in [9.17, 15) is 22.8 Å². The zero-order valence-electron chi connectivity index (χ0n) is 8.23. The van der Waals surface area contributed by atoms with Crippen LogP contribution < -0.4 is 0 Å². The van der Waals surface area contributed by atoms with Crippen molar-refractivity contribution >= 4 is 11.9 Å². The van der Waals surface area contributed by atoms with E-state index in [1.54, 1.807) is 0 Å². The van der Waals surface area contributed by atoms with E-state index in [4.69, 9.17) is 10.2 Å². The number of carbonyl (C=O) groups is 2. The summed E-state index contributed by atoms with van der Waals surface area (Å²) < 4.78 is 36.6. The first-order valence-corrected chi connectivity index (χ1v) is 4.36. The maximum absolute atomic E-state index is 12.2. The van der Waals surface area contributed by atoms with E-state index in [1.165, 1.54) is 0 Å². The van der Waals surface area contributed by atoms with Crippen molar-refractivity contribution in [2.45, 2.75) is 12.1 Å². The fraction of sp³-hybridized carbons (Fsp3) is 0.200. The number of carboxylic acid groups (broad SMARTS) is 2. The lowest BCUT2D eigenvalue weighted by Crippen LogP contribution is -2.21. The summed E-state index contributed by atoms with van der Waals surface area (Å²) in [5, 5.41) is 17.2. The van der Waals surface area contributed by atoms with E-state index in [-0.39, 0.29) is 5.56 Å². The lowest BCUT2D eigenvalue weighted by molar-refractivity contribution is -0.150. The van der Waals surface area contributed by atoms with Crippen LogP contribution >= 0.6 is 0 Å². The average Bonchev–Trinajstić information content (AvgIpc) is 2.15. The molecule has 0 unspecified atom stereocenters. The highest BCUT2D eigenvalue weighted by molar-refractivity contribution is 5.98. The summed E-state index contributed by atoms with van der Waals surface area (Å²) in [7, 11) is 0. The molecule has 7 heteroatoms. The molecule has 1 rings (SSSR count). The summed E-state index contributed by atoms with van der Waals surface area (Å²) >= 11 is 0. The van der Waals surface area contributed by atoms with Gasteiger partial charge in [-0.1, -0.05) is 12.1 Å². The van der Waals surface area contributed by atoms with Crippen molar-refractivity contribution in [1.82, 2.24) is 0 Å². The van der Waals surface area contributed by atoms with Crippen molar-refractivity contribution in [2.24, 2.45) is 0 Å². The van der Waals surface area contributed by atoms with Gasteiger partial charge in [0.05, 0.1) is 5.56 Å². The second kappa shape index (κ2) is 4.44. The fourth-order valence-corrected chi connectivity index (χ4v) is 1.26. The molecule has 1 aromatic rings. The zero-order chi connectivity index (χ0) is 13.2. The Bertz CT molecular complexity index is 422. The number of carboxylic acids is 2. The topological polar surface area (TPSA) is 74.6 Å². The number of hydrogen-bond donors (Lipinski definition) is 2. The maximum atomic E-state index is 12.2. The normalized spacial score (nSPS) is 11.5. The van der Waals surface area contributed by atoms with E-state index in [1.807, 2.05) is 0 Å². The lowest BCUT2D eigenvalue weighted by Gasteiger charge is -2.10. The molecular formula is C10H7F3O4. The Morgan fingerprint density at radius 1 is 1.00 bits per heavy atom. The Hall–Kier alpha value is -2.05. The lowest BCUT2D eigenvalue weighted by atomic mass is 9.98. The van der Waals surface area contributed by atoms with Crippen LogP contribution in [0.3, 0.4) is 0 Å². The smallest absolute Gasteiger partial charge is 0.416 e. The van der Waals surface area contributed by atoms with E-state index in [0.29, 0.717) is 12.1 Å². The number of benzene rings is 1. The Kier molecular flexibility index (Phi) is 3.40. The van der Waals surface area contributed by atoms with Crippen LogP contribution in [0.5, 0.6) is 0 Å². The Labute approximate surface area is 93.3 Å². The zero-order valence-corrected chi connectivity index (χ0v) is 8.23. The second-order valence-corrected chi connectivity index (χ2v) is 3.23. The maximum Gasteiger partial charge on any atom is 0.416 e. The van der Waals surface area contributed by atoms with Gasteiger partial charge < -0.3 is 10.2 Å². The molecule has 0 fully saturated rings. The van der Waals surface area contributed by atoms with Crippen LogP contribution in [0.1, 0.15) is 17.0 Å². The molecule has 17 heavy (non-hydrogen) atoms. The largest absolute Gasteiger partial charge is 0.480 e. The van der Waals surface area contributed by atoms with Crippen molar-refractivity contribution < 1.29 is 33.0 Å². The van der Waals surface area contributed by atoms with Gasteiger partial charge in [0.15, 0.2) is 5.92 Å². The molecule has 4 nitrogen and oxygen atoms in total. The molecule has 0 atom stereocenters. The van der Waals surface area contributed by atoms with Gasteiger partial charge in [0, 0.05) is 0 Å². The molecule has 0 saturated heterocycles. The first-order chi connectivity index (χ1) is 7.73. The van der Waals surface area contributed by atoms with Crippen LogP contribution in [-0.2, 0) is 15.8 Å². The summed E-state index contributed by atoms with van der Waals surface area (Å²) in [5.74, 6) is -5.12. The van der Waals surface area contributed by atoms with Gasteiger partial charge in [-0.15, -0.1) is 0 Å². The van der Waals surface area contributed by atoms with Gasteiger partial charge in [-0.05, 0) is 17.7 Å². The number of hydrogen-bond acceptors (Lipinski definition) is 2. The standard InChI is InChI=1S/C10H7F3O4/c11-10(12,13)6-3-1-5(2-4-6)7(8(14)15)9(16)17/h1-4,7H,(H,14,15)(H,16,17). The SMILES string of the molecule is O=C(O)C(C(=O)O)c1ccc(C(F)(F)F)cc1. The second-order valence-electron chi connectivity index (χ2n) is 3.23. The molecular weight excluding hydrogens is 241 g/mol. The molecule has 0 heterocycles. The predicted molar refractivity (Wildman–Crippen MR) is 49.5 cm³/mol. The molecule has 0 amide bonds. The molecule has 0 radical (unpaired) electrons. The summed E-state index contributed by atoms with van der Waals surface area (Å²) in [6.07, 6.45) is -4.54. The molecule has 0 aromatic heterocycles.